The van der Waals surface area contributed by atoms with Crippen molar-refractivity contribution in [3.05, 3.63) is 59.4 Å². The van der Waals surface area contributed by atoms with E-state index in [9.17, 15) is 22.4 Å². The fourth-order valence-corrected chi connectivity index (χ4v) is 4.02. The van der Waals surface area contributed by atoms with Gasteiger partial charge in [-0.15, -0.1) is 0 Å². The van der Waals surface area contributed by atoms with Crippen LogP contribution in [0.4, 0.5) is 10.1 Å². The SMILES string of the molecule is CN(CC(=O)NCc1ccc(F)cc1)S(=O)(=O)c1ccc2c(c1)CCC(=O)N2. The number of aryl methyl sites for hydroxylation is 1. The highest BCUT2D eigenvalue weighted by Gasteiger charge is 2.25. The average molecular weight is 405 g/mol. The molecular formula is C19H20FN3O4S. The quantitative estimate of drug-likeness (QED) is 0.764. The van der Waals surface area contributed by atoms with Crippen LogP contribution in [0.2, 0.25) is 0 Å². The van der Waals surface area contributed by atoms with Crippen molar-refractivity contribution < 1.29 is 22.4 Å². The molecule has 0 saturated heterocycles. The number of carbonyl (C=O) groups is 2. The molecule has 1 heterocycles. The third kappa shape index (κ3) is 4.55. The predicted molar refractivity (Wildman–Crippen MR) is 101 cm³/mol. The van der Waals surface area contributed by atoms with Crippen LogP contribution in [-0.4, -0.2) is 38.1 Å². The molecule has 3 rings (SSSR count). The van der Waals surface area contributed by atoms with Gasteiger partial charge in [0.1, 0.15) is 5.82 Å². The molecule has 2 amide bonds. The number of rotatable bonds is 6. The predicted octanol–water partition coefficient (Wildman–Crippen LogP) is 1.65. The molecule has 2 aromatic rings. The minimum atomic E-state index is -3.86. The largest absolute Gasteiger partial charge is 0.351 e. The van der Waals surface area contributed by atoms with Crippen molar-refractivity contribution in [2.24, 2.45) is 0 Å². The van der Waals surface area contributed by atoms with E-state index in [1.165, 1.54) is 31.3 Å². The number of hydrogen-bond donors (Lipinski definition) is 2. The van der Waals surface area contributed by atoms with E-state index in [0.717, 1.165) is 9.87 Å². The van der Waals surface area contributed by atoms with Gasteiger partial charge in [-0.25, -0.2) is 12.8 Å². The third-order valence-corrected chi connectivity index (χ3v) is 6.25. The summed E-state index contributed by atoms with van der Waals surface area (Å²) in [4.78, 5) is 23.6. The van der Waals surface area contributed by atoms with Gasteiger partial charge in [0.2, 0.25) is 21.8 Å². The van der Waals surface area contributed by atoms with Gasteiger partial charge in [-0.3, -0.25) is 9.59 Å². The van der Waals surface area contributed by atoms with Crippen molar-refractivity contribution in [3.63, 3.8) is 0 Å². The summed E-state index contributed by atoms with van der Waals surface area (Å²) in [6.45, 7) is -0.178. The summed E-state index contributed by atoms with van der Waals surface area (Å²) >= 11 is 0. The number of nitrogens with zero attached hydrogens (tertiary/aromatic N) is 1. The summed E-state index contributed by atoms with van der Waals surface area (Å²) in [5, 5.41) is 5.31. The summed E-state index contributed by atoms with van der Waals surface area (Å²) < 4.78 is 39.4. The monoisotopic (exact) mass is 405 g/mol. The molecule has 1 aliphatic rings. The van der Waals surface area contributed by atoms with Gasteiger partial charge in [0.25, 0.3) is 0 Å². The molecule has 9 heteroatoms. The Morgan fingerprint density at radius 2 is 1.89 bits per heavy atom. The number of hydrogen-bond acceptors (Lipinski definition) is 4. The Hall–Kier alpha value is -2.78. The molecule has 0 unspecified atom stereocenters. The van der Waals surface area contributed by atoms with Crippen LogP contribution in [0.15, 0.2) is 47.4 Å². The Kier molecular flexibility index (Phi) is 5.76. The van der Waals surface area contributed by atoms with Gasteiger partial charge < -0.3 is 10.6 Å². The summed E-state index contributed by atoms with van der Waals surface area (Å²) in [7, 11) is -2.53. The molecule has 1 aliphatic heterocycles. The molecule has 0 atom stereocenters. The third-order valence-electron chi connectivity index (χ3n) is 4.45. The first kappa shape index (κ1) is 20.0. The lowest BCUT2D eigenvalue weighted by Gasteiger charge is -2.20. The fourth-order valence-electron chi connectivity index (χ4n) is 2.85. The topological polar surface area (TPSA) is 95.6 Å². The molecule has 0 radical (unpaired) electrons. The molecule has 7 nitrogen and oxygen atoms in total. The molecular weight excluding hydrogens is 385 g/mol. The smallest absolute Gasteiger partial charge is 0.243 e. The number of nitrogens with one attached hydrogen (secondary N) is 2. The lowest BCUT2D eigenvalue weighted by molar-refractivity contribution is -0.121. The summed E-state index contributed by atoms with van der Waals surface area (Å²) in [6.07, 6.45) is 0.768. The van der Waals surface area contributed by atoms with Crippen molar-refractivity contribution in [3.8, 4) is 0 Å². The summed E-state index contributed by atoms with van der Waals surface area (Å²) in [5.41, 5.74) is 2.06. The van der Waals surface area contributed by atoms with Crippen molar-refractivity contribution >= 4 is 27.5 Å². The second kappa shape index (κ2) is 8.07. The second-order valence-electron chi connectivity index (χ2n) is 6.53. The number of likely N-dealkylation sites (N-methyl/N-ethyl adjacent to an activating group) is 1. The van der Waals surface area contributed by atoms with Crippen molar-refractivity contribution in [1.29, 1.82) is 0 Å². The Bertz CT molecular complexity index is 1010. The Morgan fingerprint density at radius 3 is 2.61 bits per heavy atom. The van der Waals surface area contributed by atoms with E-state index in [2.05, 4.69) is 10.6 Å². The molecule has 0 fully saturated rings. The molecule has 0 bridgehead atoms. The van der Waals surface area contributed by atoms with Crippen LogP contribution in [0, 0.1) is 5.82 Å². The Labute approximate surface area is 162 Å². The highest BCUT2D eigenvalue weighted by molar-refractivity contribution is 7.89. The maximum Gasteiger partial charge on any atom is 0.243 e. The highest BCUT2D eigenvalue weighted by atomic mass is 32.2. The van der Waals surface area contributed by atoms with Crippen molar-refractivity contribution in [2.75, 3.05) is 18.9 Å². The minimum absolute atomic E-state index is 0.0660. The van der Waals surface area contributed by atoms with Crippen LogP contribution < -0.4 is 10.6 Å². The molecule has 0 aliphatic carbocycles. The number of amides is 2. The molecule has 28 heavy (non-hydrogen) atoms. The minimum Gasteiger partial charge on any atom is -0.351 e. The lowest BCUT2D eigenvalue weighted by Crippen LogP contribution is -2.38. The van der Waals surface area contributed by atoms with E-state index in [1.807, 2.05) is 0 Å². The van der Waals surface area contributed by atoms with Crippen LogP contribution in [0.5, 0.6) is 0 Å². The van der Waals surface area contributed by atoms with Gasteiger partial charge in [0.15, 0.2) is 0 Å². The molecule has 2 N–H and O–H groups in total. The number of sulfonamides is 1. The highest BCUT2D eigenvalue weighted by Crippen LogP contribution is 2.26. The standard InChI is InChI=1S/C19H20FN3O4S/c1-23(12-19(25)21-11-13-2-5-15(20)6-3-13)28(26,27)16-7-8-17-14(10-16)4-9-18(24)22-17/h2-3,5-8,10H,4,9,11-12H2,1H3,(H,21,25)(H,22,24). The molecule has 0 spiro atoms. The number of anilines is 1. The van der Waals surface area contributed by atoms with Crippen LogP contribution in [0.25, 0.3) is 0 Å². The van der Waals surface area contributed by atoms with Gasteiger partial charge in [-0.2, -0.15) is 4.31 Å². The first-order valence-electron chi connectivity index (χ1n) is 8.66. The lowest BCUT2D eigenvalue weighted by atomic mass is 10.0. The zero-order valence-corrected chi connectivity index (χ0v) is 16.1. The average Bonchev–Trinajstić information content (AvgIpc) is 2.67. The number of halogens is 1. The van der Waals surface area contributed by atoms with Crippen LogP contribution >= 0.6 is 0 Å². The van der Waals surface area contributed by atoms with E-state index >= 15 is 0 Å². The van der Waals surface area contributed by atoms with E-state index in [4.69, 9.17) is 0 Å². The maximum absolute atomic E-state index is 12.9. The Balaban J connectivity index is 1.64. The molecule has 148 valence electrons. The Morgan fingerprint density at radius 1 is 1.18 bits per heavy atom. The van der Waals surface area contributed by atoms with Crippen LogP contribution in [0.3, 0.4) is 0 Å². The zero-order chi connectivity index (χ0) is 20.3. The van der Waals surface area contributed by atoms with Crippen molar-refractivity contribution in [2.45, 2.75) is 24.3 Å². The van der Waals surface area contributed by atoms with E-state index in [0.29, 0.717) is 24.1 Å². The van der Waals surface area contributed by atoms with Gasteiger partial charge in [-0.1, -0.05) is 12.1 Å². The number of benzene rings is 2. The van der Waals surface area contributed by atoms with Crippen LogP contribution in [0.1, 0.15) is 17.5 Å². The molecule has 2 aromatic carbocycles. The first-order chi connectivity index (χ1) is 13.3. The van der Waals surface area contributed by atoms with E-state index in [-0.39, 0.29) is 29.7 Å². The van der Waals surface area contributed by atoms with Gasteiger partial charge in [0.05, 0.1) is 11.4 Å². The number of fused-ring (bicyclic) bond motifs is 1. The maximum atomic E-state index is 12.9. The molecule has 0 aromatic heterocycles. The summed E-state index contributed by atoms with van der Waals surface area (Å²) in [6, 6.07) is 10.2. The second-order valence-corrected chi connectivity index (χ2v) is 8.58. The number of carbonyl (C=O) groups excluding carboxylic acids is 2. The van der Waals surface area contributed by atoms with Gasteiger partial charge in [-0.05, 0) is 47.9 Å². The van der Waals surface area contributed by atoms with Gasteiger partial charge in [0, 0.05) is 25.7 Å². The van der Waals surface area contributed by atoms with E-state index in [1.54, 1.807) is 18.2 Å². The van der Waals surface area contributed by atoms with Crippen molar-refractivity contribution in [1.82, 2.24) is 9.62 Å². The van der Waals surface area contributed by atoms with E-state index < -0.39 is 15.9 Å². The molecule has 0 saturated carbocycles. The van der Waals surface area contributed by atoms with Crippen LogP contribution in [-0.2, 0) is 32.6 Å². The summed E-state index contributed by atoms with van der Waals surface area (Å²) in [5.74, 6) is -0.941. The van der Waals surface area contributed by atoms with Gasteiger partial charge >= 0.3 is 0 Å². The fraction of sp³-hybridized carbons (Fsp3) is 0.263. The first-order valence-corrected chi connectivity index (χ1v) is 10.1. The normalized spacial score (nSPS) is 13.8. The zero-order valence-electron chi connectivity index (χ0n) is 15.2.